The zero-order chi connectivity index (χ0) is 10.1. The van der Waals surface area contributed by atoms with Gasteiger partial charge in [-0.05, 0) is 24.3 Å². The number of nitrogens with zero attached hydrogens (tertiary/aromatic N) is 1. The highest BCUT2D eigenvalue weighted by atomic mass is 35.5. The highest BCUT2D eigenvalue weighted by Crippen LogP contribution is 2.10. The van der Waals surface area contributed by atoms with Crippen LogP contribution in [0.4, 0.5) is 0 Å². The Labute approximate surface area is 82.9 Å². The first-order chi connectivity index (χ1) is 6.66. The maximum atomic E-state index is 11.2. The van der Waals surface area contributed by atoms with Crippen molar-refractivity contribution in [1.29, 1.82) is 0 Å². The van der Waals surface area contributed by atoms with Crippen molar-refractivity contribution in [3.63, 3.8) is 0 Å². The summed E-state index contributed by atoms with van der Waals surface area (Å²) in [6.45, 7) is 0. The Bertz CT molecular complexity index is 549. The standard InChI is InChI=1S/C8H6ClN3O2/c9-5-1-3-6(4-2-5)12-8(14)10-7(13)11-12/h1-4H,(H2,10,11,13,14). The summed E-state index contributed by atoms with van der Waals surface area (Å²) in [4.78, 5) is 24.0. The second-order valence-electron chi connectivity index (χ2n) is 2.68. The first kappa shape index (κ1) is 8.83. The minimum absolute atomic E-state index is 0.502. The third kappa shape index (κ3) is 1.49. The SMILES string of the molecule is O=c1[nH]c(=O)n(-c2ccc(Cl)cc2)[nH]1. The fourth-order valence-corrected chi connectivity index (χ4v) is 1.23. The van der Waals surface area contributed by atoms with Crippen LogP contribution in [-0.4, -0.2) is 14.8 Å². The molecule has 1 aromatic heterocycles. The van der Waals surface area contributed by atoms with Crippen molar-refractivity contribution in [1.82, 2.24) is 14.8 Å². The van der Waals surface area contributed by atoms with E-state index < -0.39 is 11.4 Å². The number of benzene rings is 1. The molecule has 0 aliphatic rings. The quantitative estimate of drug-likeness (QED) is 0.722. The molecular weight excluding hydrogens is 206 g/mol. The minimum Gasteiger partial charge on any atom is -0.256 e. The van der Waals surface area contributed by atoms with Gasteiger partial charge in [0.15, 0.2) is 0 Å². The smallest absolute Gasteiger partial charge is 0.256 e. The van der Waals surface area contributed by atoms with Crippen molar-refractivity contribution in [3.8, 4) is 5.69 Å². The Morgan fingerprint density at radius 2 is 1.79 bits per heavy atom. The summed E-state index contributed by atoms with van der Waals surface area (Å²) < 4.78 is 1.11. The fraction of sp³-hybridized carbons (Fsp3) is 0. The molecule has 0 radical (unpaired) electrons. The predicted molar refractivity (Wildman–Crippen MR) is 52.0 cm³/mol. The topological polar surface area (TPSA) is 70.7 Å². The minimum atomic E-state index is -0.537. The van der Waals surface area contributed by atoms with Crippen molar-refractivity contribution < 1.29 is 0 Å². The predicted octanol–water partition coefficient (Wildman–Crippen LogP) is 0.507. The van der Waals surface area contributed by atoms with E-state index >= 15 is 0 Å². The average Bonchev–Trinajstić information content (AvgIpc) is 2.47. The van der Waals surface area contributed by atoms with E-state index in [0.717, 1.165) is 4.68 Å². The average molecular weight is 212 g/mol. The Hall–Kier alpha value is -1.75. The molecule has 2 aromatic rings. The molecule has 1 heterocycles. The van der Waals surface area contributed by atoms with Gasteiger partial charge in [0.1, 0.15) is 0 Å². The molecule has 0 aliphatic heterocycles. The van der Waals surface area contributed by atoms with Crippen LogP contribution < -0.4 is 11.4 Å². The zero-order valence-electron chi connectivity index (χ0n) is 6.95. The molecule has 2 N–H and O–H groups in total. The molecule has 0 unspecified atom stereocenters. The number of halogens is 1. The van der Waals surface area contributed by atoms with Gasteiger partial charge in [0.2, 0.25) is 0 Å². The van der Waals surface area contributed by atoms with E-state index in [9.17, 15) is 9.59 Å². The van der Waals surface area contributed by atoms with Gasteiger partial charge < -0.3 is 0 Å². The lowest BCUT2D eigenvalue weighted by atomic mass is 10.3. The summed E-state index contributed by atoms with van der Waals surface area (Å²) in [6, 6.07) is 6.53. The second kappa shape index (κ2) is 3.19. The summed E-state index contributed by atoms with van der Waals surface area (Å²) in [6.07, 6.45) is 0. The van der Waals surface area contributed by atoms with Crippen molar-refractivity contribution >= 4 is 11.6 Å². The van der Waals surface area contributed by atoms with Gasteiger partial charge in [-0.3, -0.25) is 4.98 Å². The normalized spacial score (nSPS) is 10.4. The monoisotopic (exact) mass is 211 g/mol. The van der Waals surface area contributed by atoms with Crippen molar-refractivity contribution in [2.24, 2.45) is 0 Å². The molecule has 0 amide bonds. The Kier molecular flexibility index (Phi) is 2.01. The summed E-state index contributed by atoms with van der Waals surface area (Å²) in [5.41, 5.74) is -0.486. The molecule has 0 saturated carbocycles. The van der Waals surface area contributed by atoms with Gasteiger partial charge in [0, 0.05) is 5.02 Å². The van der Waals surface area contributed by atoms with Crippen LogP contribution in [0.25, 0.3) is 5.69 Å². The van der Waals surface area contributed by atoms with E-state index in [1.54, 1.807) is 24.3 Å². The molecule has 0 spiro atoms. The lowest BCUT2D eigenvalue weighted by Gasteiger charge is -1.98. The number of rotatable bonds is 1. The molecular formula is C8H6ClN3O2. The summed E-state index contributed by atoms with van der Waals surface area (Å²) in [7, 11) is 0. The molecule has 0 aliphatic carbocycles. The fourth-order valence-electron chi connectivity index (χ4n) is 1.11. The molecule has 0 atom stereocenters. The maximum Gasteiger partial charge on any atom is 0.349 e. The van der Waals surface area contributed by atoms with E-state index in [1.807, 2.05) is 0 Å². The summed E-state index contributed by atoms with van der Waals surface area (Å²) in [5.74, 6) is 0. The molecule has 5 nitrogen and oxygen atoms in total. The molecule has 2 rings (SSSR count). The van der Waals surface area contributed by atoms with E-state index in [-0.39, 0.29) is 0 Å². The van der Waals surface area contributed by atoms with Gasteiger partial charge in [-0.25, -0.2) is 19.4 Å². The zero-order valence-corrected chi connectivity index (χ0v) is 7.71. The number of hydrogen-bond acceptors (Lipinski definition) is 2. The van der Waals surface area contributed by atoms with E-state index in [0.29, 0.717) is 10.7 Å². The highest BCUT2D eigenvalue weighted by Gasteiger charge is 2.01. The highest BCUT2D eigenvalue weighted by molar-refractivity contribution is 6.30. The van der Waals surface area contributed by atoms with Crippen LogP contribution in [0.2, 0.25) is 5.02 Å². The first-order valence-corrected chi connectivity index (χ1v) is 4.22. The van der Waals surface area contributed by atoms with Gasteiger partial charge in [0.05, 0.1) is 5.69 Å². The van der Waals surface area contributed by atoms with Crippen molar-refractivity contribution in [2.75, 3.05) is 0 Å². The first-order valence-electron chi connectivity index (χ1n) is 3.84. The van der Waals surface area contributed by atoms with Gasteiger partial charge in [0.25, 0.3) is 0 Å². The van der Waals surface area contributed by atoms with Gasteiger partial charge >= 0.3 is 11.4 Å². The Balaban J connectivity index is 2.60. The Morgan fingerprint density at radius 3 is 2.29 bits per heavy atom. The molecule has 1 aromatic carbocycles. The number of aromatic nitrogens is 3. The lowest BCUT2D eigenvalue weighted by Crippen LogP contribution is -2.15. The second-order valence-corrected chi connectivity index (χ2v) is 3.12. The Morgan fingerprint density at radius 1 is 1.14 bits per heavy atom. The third-order valence-corrected chi connectivity index (χ3v) is 1.97. The van der Waals surface area contributed by atoms with Crippen LogP contribution >= 0.6 is 11.6 Å². The van der Waals surface area contributed by atoms with E-state index in [2.05, 4.69) is 10.1 Å². The van der Waals surface area contributed by atoms with Crippen molar-refractivity contribution in [2.45, 2.75) is 0 Å². The van der Waals surface area contributed by atoms with Crippen LogP contribution in [0.5, 0.6) is 0 Å². The molecule has 0 saturated heterocycles. The van der Waals surface area contributed by atoms with Crippen LogP contribution in [-0.2, 0) is 0 Å². The largest absolute Gasteiger partial charge is 0.349 e. The third-order valence-electron chi connectivity index (χ3n) is 1.72. The van der Waals surface area contributed by atoms with Gasteiger partial charge in [-0.1, -0.05) is 11.6 Å². The van der Waals surface area contributed by atoms with Crippen LogP contribution in [0.3, 0.4) is 0 Å². The molecule has 6 heteroatoms. The maximum absolute atomic E-state index is 11.2. The number of aromatic amines is 2. The molecule has 72 valence electrons. The number of hydrogen-bond donors (Lipinski definition) is 2. The number of H-pyrrole nitrogens is 2. The lowest BCUT2D eigenvalue weighted by molar-refractivity contribution is 0.834. The van der Waals surface area contributed by atoms with Crippen LogP contribution in [0.15, 0.2) is 33.9 Å². The van der Waals surface area contributed by atoms with Crippen molar-refractivity contribution in [3.05, 3.63) is 50.3 Å². The van der Waals surface area contributed by atoms with Gasteiger partial charge in [-0.15, -0.1) is 0 Å². The molecule has 0 fully saturated rings. The van der Waals surface area contributed by atoms with Gasteiger partial charge in [-0.2, -0.15) is 0 Å². The molecule has 14 heavy (non-hydrogen) atoms. The summed E-state index contributed by atoms with van der Waals surface area (Å²) in [5, 5.41) is 2.90. The van der Waals surface area contributed by atoms with E-state index in [4.69, 9.17) is 11.6 Å². The van der Waals surface area contributed by atoms with E-state index in [1.165, 1.54) is 0 Å². The molecule has 0 bridgehead atoms. The van der Waals surface area contributed by atoms with Crippen LogP contribution in [0.1, 0.15) is 0 Å². The van der Waals surface area contributed by atoms with Crippen LogP contribution in [0, 0.1) is 0 Å². The number of nitrogens with one attached hydrogen (secondary N) is 2. The summed E-state index contributed by atoms with van der Waals surface area (Å²) >= 11 is 5.68.